The van der Waals surface area contributed by atoms with Crippen LogP contribution in [0.25, 0.3) is 22.2 Å². The third-order valence-corrected chi connectivity index (χ3v) is 4.32. The van der Waals surface area contributed by atoms with Gasteiger partial charge in [-0.25, -0.2) is 0 Å². The van der Waals surface area contributed by atoms with Crippen molar-refractivity contribution in [1.29, 1.82) is 0 Å². The minimum absolute atomic E-state index is 0.00693. The normalized spacial score (nSPS) is 12.4. The van der Waals surface area contributed by atoms with Gasteiger partial charge in [0.05, 0.1) is 22.1 Å². The smallest absolute Gasteiger partial charge is 0.229 e. The maximum absolute atomic E-state index is 12.6. The zero-order chi connectivity index (χ0) is 19.1. The van der Waals surface area contributed by atoms with Crippen LogP contribution < -0.4 is 5.32 Å². The fraction of sp³-hybridized carbons (Fsp3) is 0.364. The summed E-state index contributed by atoms with van der Waals surface area (Å²) in [5.74, 6) is -0.00693. The van der Waals surface area contributed by atoms with E-state index in [0.29, 0.717) is 0 Å². The Bertz CT molecular complexity index is 941. The molecular weight excluding hydrogens is 322 g/mol. The van der Waals surface area contributed by atoms with Crippen molar-refractivity contribution in [1.82, 2.24) is 9.78 Å². The molecule has 4 heteroatoms. The molecule has 0 fully saturated rings. The highest BCUT2D eigenvalue weighted by atomic mass is 16.2. The number of aromatic nitrogens is 2. The minimum Gasteiger partial charge on any atom is -0.325 e. The summed E-state index contributed by atoms with van der Waals surface area (Å²) in [6.07, 6.45) is 0. The maximum Gasteiger partial charge on any atom is 0.229 e. The number of hydrogen-bond donors (Lipinski definition) is 1. The van der Waals surface area contributed by atoms with Crippen molar-refractivity contribution < 1.29 is 4.79 Å². The van der Waals surface area contributed by atoms with E-state index in [-0.39, 0.29) is 11.4 Å². The van der Waals surface area contributed by atoms with Crippen molar-refractivity contribution in [3.05, 3.63) is 48.5 Å². The van der Waals surface area contributed by atoms with E-state index in [1.165, 1.54) is 0 Å². The second kappa shape index (κ2) is 6.27. The van der Waals surface area contributed by atoms with E-state index >= 15 is 0 Å². The first-order valence-electron chi connectivity index (χ1n) is 8.98. The Morgan fingerprint density at radius 3 is 2.15 bits per heavy atom. The molecular formula is C22H27N3O. The topological polar surface area (TPSA) is 46.9 Å². The molecule has 0 unspecified atom stereocenters. The summed E-state index contributed by atoms with van der Waals surface area (Å²) in [6.45, 7) is 12.1. The van der Waals surface area contributed by atoms with Gasteiger partial charge >= 0.3 is 0 Å². The predicted molar refractivity (Wildman–Crippen MR) is 108 cm³/mol. The Morgan fingerprint density at radius 2 is 1.58 bits per heavy atom. The van der Waals surface area contributed by atoms with Crippen LogP contribution in [0.5, 0.6) is 0 Å². The zero-order valence-electron chi connectivity index (χ0n) is 16.4. The molecule has 1 amide bonds. The van der Waals surface area contributed by atoms with Gasteiger partial charge < -0.3 is 5.32 Å². The van der Waals surface area contributed by atoms with Crippen LogP contribution in [0, 0.1) is 5.41 Å². The Balaban J connectivity index is 2.27. The third kappa shape index (κ3) is 3.36. The van der Waals surface area contributed by atoms with Gasteiger partial charge in [-0.1, -0.05) is 57.2 Å². The average molecular weight is 349 g/mol. The zero-order valence-corrected chi connectivity index (χ0v) is 16.4. The van der Waals surface area contributed by atoms with E-state index in [1.807, 2.05) is 55.8 Å². The number of rotatable bonds is 2. The molecule has 136 valence electrons. The quantitative estimate of drug-likeness (QED) is 0.669. The highest BCUT2D eigenvalue weighted by Gasteiger charge is 2.25. The number of nitrogens with zero attached hydrogens (tertiary/aromatic N) is 2. The number of fused-ring (bicyclic) bond motifs is 1. The van der Waals surface area contributed by atoms with Crippen molar-refractivity contribution in [3.63, 3.8) is 0 Å². The lowest BCUT2D eigenvalue weighted by molar-refractivity contribution is -0.123. The molecule has 0 aliphatic rings. The molecule has 0 atom stereocenters. The van der Waals surface area contributed by atoms with Gasteiger partial charge in [0.15, 0.2) is 0 Å². The third-order valence-electron chi connectivity index (χ3n) is 4.32. The van der Waals surface area contributed by atoms with Crippen LogP contribution in [0.4, 0.5) is 5.69 Å². The van der Waals surface area contributed by atoms with Gasteiger partial charge in [0.25, 0.3) is 0 Å². The molecule has 1 aromatic heterocycles. The molecule has 0 saturated carbocycles. The van der Waals surface area contributed by atoms with Crippen LogP contribution in [0.2, 0.25) is 0 Å². The molecule has 2 aromatic carbocycles. The minimum atomic E-state index is -0.463. The Labute approximate surface area is 155 Å². The van der Waals surface area contributed by atoms with Gasteiger partial charge in [0, 0.05) is 11.0 Å². The van der Waals surface area contributed by atoms with Crippen LogP contribution in [0.15, 0.2) is 48.5 Å². The molecule has 0 aliphatic heterocycles. The summed E-state index contributed by atoms with van der Waals surface area (Å²) in [7, 11) is 0. The van der Waals surface area contributed by atoms with Crippen LogP contribution in [0.1, 0.15) is 41.5 Å². The lowest BCUT2D eigenvalue weighted by Gasteiger charge is -2.21. The first-order valence-corrected chi connectivity index (χ1v) is 8.98. The summed E-state index contributed by atoms with van der Waals surface area (Å²) in [4.78, 5) is 12.6. The van der Waals surface area contributed by atoms with E-state index in [4.69, 9.17) is 5.10 Å². The Hall–Kier alpha value is -2.62. The molecule has 3 rings (SSSR count). The first-order chi connectivity index (χ1) is 12.1. The van der Waals surface area contributed by atoms with E-state index < -0.39 is 5.41 Å². The van der Waals surface area contributed by atoms with Crippen molar-refractivity contribution in [3.8, 4) is 11.3 Å². The van der Waals surface area contributed by atoms with Gasteiger partial charge in [-0.3, -0.25) is 9.48 Å². The van der Waals surface area contributed by atoms with E-state index in [2.05, 4.69) is 44.3 Å². The van der Waals surface area contributed by atoms with E-state index in [9.17, 15) is 4.79 Å². The monoisotopic (exact) mass is 349 g/mol. The molecule has 1 N–H and O–H groups in total. The number of carbonyl (C=O) groups excluding carboxylic acids is 1. The van der Waals surface area contributed by atoms with Crippen molar-refractivity contribution in [2.24, 2.45) is 5.41 Å². The number of amides is 1. The lowest BCUT2D eigenvalue weighted by Crippen LogP contribution is -2.27. The number of anilines is 1. The number of carbonyl (C=O) groups is 1. The Kier molecular flexibility index (Phi) is 4.39. The largest absolute Gasteiger partial charge is 0.325 e. The summed E-state index contributed by atoms with van der Waals surface area (Å²) in [5.41, 5.74) is 3.12. The van der Waals surface area contributed by atoms with Gasteiger partial charge in [-0.2, -0.15) is 5.10 Å². The molecule has 0 bridgehead atoms. The molecule has 26 heavy (non-hydrogen) atoms. The SMILES string of the molecule is CC(C)(C)C(=O)Nc1cccc2c1c(-c1ccccc1)nn2C(C)(C)C. The van der Waals surface area contributed by atoms with Crippen LogP contribution in [-0.4, -0.2) is 15.7 Å². The van der Waals surface area contributed by atoms with Crippen LogP contribution in [0.3, 0.4) is 0 Å². The van der Waals surface area contributed by atoms with E-state index in [1.54, 1.807) is 0 Å². The lowest BCUT2D eigenvalue weighted by atomic mass is 9.95. The predicted octanol–water partition coefficient (Wildman–Crippen LogP) is 5.44. The highest BCUT2D eigenvalue weighted by molar-refractivity contribution is 6.08. The number of hydrogen-bond acceptors (Lipinski definition) is 2. The van der Waals surface area contributed by atoms with Crippen LogP contribution in [-0.2, 0) is 10.3 Å². The van der Waals surface area contributed by atoms with Gasteiger partial charge in [0.2, 0.25) is 5.91 Å². The second-order valence-electron chi connectivity index (χ2n) is 8.70. The number of nitrogens with one attached hydrogen (secondary N) is 1. The maximum atomic E-state index is 12.6. The summed E-state index contributed by atoms with van der Waals surface area (Å²) in [5, 5.41) is 9.01. The van der Waals surface area contributed by atoms with Gasteiger partial charge in [-0.15, -0.1) is 0 Å². The summed E-state index contributed by atoms with van der Waals surface area (Å²) >= 11 is 0. The Morgan fingerprint density at radius 1 is 0.923 bits per heavy atom. The average Bonchev–Trinajstić information content (AvgIpc) is 2.95. The molecule has 0 spiro atoms. The molecule has 1 heterocycles. The van der Waals surface area contributed by atoms with Crippen molar-refractivity contribution in [2.45, 2.75) is 47.1 Å². The standard InChI is InChI=1S/C22H27N3O/c1-21(2,3)20(26)23-16-13-10-14-17-18(16)19(15-11-8-7-9-12-15)24-25(17)22(4,5)6/h7-14H,1-6H3,(H,23,26). The highest BCUT2D eigenvalue weighted by Crippen LogP contribution is 2.36. The van der Waals surface area contributed by atoms with Crippen LogP contribution >= 0.6 is 0 Å². The van der Waals surface area contributed by atoms with Crippen molar-refractivity contribution in [2.75, 3.05) is 5.32 Å². The number of benzene rings is 2. The second-order valence-corrected chi connectivity index (χ2v) is 8.70. The van der Waals surface area contributed by atoms with E-state index in [0.717, 1.165) is 27.8 Å². The molecule has 0 radical (unpaired) electrons. The van der Waals surface area contributed by atoms with Crippen molar-refractivity contribution >= 4 is 22.5 Å². The summed E-state index contributed by atoms with van der Waals surface area (Å²) in [6, 6.07) is 16.1. The fourth-order valence-electron chi connectivity index (χ4n) is 2.89. The van der Waals surface area contributed by atoms with Gasteiger partial charge in [-0.05, 0) is 32.9 Å². The molecule has 0 aliphatic carbocycles. The first kappa shape index (κ1) is 18.2. The molecule has 0 saturated heterocycles. The summed E-state index contributed by atoms with van der Waals surface area (Å²) < 4.78 is 2.04. The van der Waals surface area contributed by atoms with Gasteiger partial charge in [0.1, 0.15) is 5.69 Å². The molecule has 4 nitrogen and oxygen atoms in total. The fourth-order valence-corrected chi connectivity index (χ4v) is 2.89. The molecule has 3 aromatic rings.